The van der Waals surface area contributed by atoms with Crippen LogP contribution in [0.5, 0.6) is 0 Å². The molecule has 162 valence electrons. The Bertz CT molecular complexity index is 1030. The van der Waals surface area contributed by atoms with Crippen molar-refractivity contribution < 1.29 is 17.6 Å². The van der Waals surface area contributed by atoms with Crippen LogP contribution in [0.15, 0.2) is 36.5 Å². The smallest absolute Gasteiger partial charge is 0.225 e. The second-order valence-corrected chi connectivity index (χ2v) is 7.25. The zero-order valence-electron chi connectivity index (χ0n) is 16.4. The van der Waals surface area contributed by atoms with Crippen molar-refractivity contribution in [2.24, 2.45) is 0 Å². The molecule has 6 nitrogen and oxygen atoms in total. The van der Waals surface area contributed by atoms with Gasteiger partial charge in [0.15, 0.2) is 29.1 Å². The SMILES string of the molecule is Fc1cc(F)c(F)c(NNc2cc(-c3ccccn3)nc(NC3CCCCC3)n2)c1F. The van der Waals surface area contributed by atoms with Crippen LogP contribution in [-0.4, -0.2) is 21.0 Å². The number of nitrogens with one attached hydrogen (secondary N) is 3. The van der Waals surface area contributed by atoms with Crippen LogP contribution in [0.3, 0.4) is 0 Å². The van der Waals surface area contributed by atoms with Crippen LogP contribution >= 0.6 is 0 Å². The lowest BCUT2D eigenvalue weighted by molar-refractivity contribution is 0.459. The molecule has 0 atom stereocenters. The number of halogens is 4. The highest BCUT2D eigenvalue weighted by Gasteiger charge is 2.20. The lowest BCUT2D eigenvalue weighted by atomic mass is 9.96. The van der Waals surface area contributed by atoms with E-state index in [2.05, 4.69) is 31.1 Å². The highest BCUT2D eigenvalue weighted by molar-refractivity contribution is 5.62. The molecule has 2 aromatic heterocycles. The van der Waals surface area contributed by atoms with E-state index in [1.807, 2.05) is 0 Å². The molecular weight excluding hydrogens is 412 g/mol. The fourth-order valence-corrected chi connectivity index (χ4v) is 3.46. The van der Waals surface area contributed by atoms with E-state index in [0.29, 0.717) is 17.3 Å². The fraction of sp³-hybridized carbons (Fsp3) is 0.286. The average molecular weight is 432 g/mol. The van der Waals surface area contributed by atoms with E-state index >= 15 is 0 Å². The van der Waals surface area contributed by atoms with Gasteiger partial charge < -0.3 is 5.32 Å². The Kier molecular flexibility index (Phi) is 6.15. The second kappa shape index (κ2) is 9.15. The molecule has 1 aromatic carbocycles. The van der Waals surface area contributed by atoms with E-state index in [0.717, 1.165) is 25.7 Å². The van der Waals surface area contributed by atoms with E-state index in [1.165, 1.54) is 12.5 Å². The molecule has 0 unspecified atom stereocenters. The summed E-state index contributed by atoms with van der Waals surface area (Å²) in [5.74, 6) is -5.68. The highest BCUT2D eigenvalue weighted by atomic mass is 19.2. The van der Waals surface area contributed by atoms with E-state index in [-0.39, 0.29) is 17.9 Å². The van der Waals surface area contributed by atoms with Gasteiger partial charge in [-0.2, -0.15) is 4.98 Å². The molecule has 31 heavy (non-hydrogen) atoms. The van der Waals surface area contributed by atoms with Crippen molar-refractivity contribution in [3.8, 4) is 11.4 Å². The molecule has 2 heterocycles. The number of nitrogens with zero attached hydrogens (tertiary/aromatic N) is 3. The van der Waals surface area contributed by atoms with Crippen LogP contribution in [0.2, 0.25) is 0 Å². The maximum atomic E-state index is 13.9. The van der Waals surface area contributed by atoms with Crippen molar-refractivity contribution in [3.05, 3.63) is 59.8 Å². The monoisotopic (exact) mass is 432 g/mol. The number of rotatable bonds is 6. The minimum Gasteiger partial charge on any atom is -0.351 e. The Balaban J connectivity index is 1.62. The largest absolute Gasteiger partial charge is 0.351 e. The molecule has 0 spiro atoms. The molecule has 10 heteroatoms. The quantitative estimate of drug-likeness (QED) is 0.280. The van der Waals surface area contributed by atoms with E-state index in [4.69, 9.17) is 0 Å². The summed E-state index contributed by atoms with van der Waals surface area (Å²) in [6.07, 6.45) is 6.97. The predicted octanol–water partition coefficient (Wildman–Crippen LogP) is 5.28. The predicted molar refractivity (Wildman–Crippen MR) is 109 cm³/mol. The molecule has 1 aliphatic carbocycles. The Morgan fingerprint density at radius 3 is 2.23 bits per heavy atom. The van der Waals surface area contributed by atoms with Crippen LogP contribution in [0.4, 0.5) is 35.0 Å². The van der Waals surface area contributed by atoms with Gasteiger partial charge in [0.1, 0.15) is 5.69 Å². The van der Waals surface area contributed by atoms with Gasteiger partial charge in [-0.1, -0.05) is 25.3 Å². The van der Waals surface area contributed by atoms with Crippen molar-refractivity contribution in [2.45, 2.75) is 38.1 Å². The van der Waals surface area contributed by atoms with Crippen LogP contribution in [0.1, 0.15) is 32.1 Å². The third-order valence-electron chi connectivity index (χ3n) is 5.02. The summed E-state index contributed by atoms with van der Waals surface area (Å²) in [6, 6.07) is 7.17. The number of hydrogen-bond donors (Lipinski definition) is 3. The first-order chi connectivity index (χ1) is 15.0. The van der Waals surface area contributed by atoms with Crippen LogP contribution in [-0.2, 0) is 0 Å². The van der Waals surface area contributed by atoms with Crippen LogP contribution in [0.25, 0.3) is 11.4 Å². The van der Waals surface area contributed by atoms with Gasteiger partial charge in [-0.25, -0.2) is 22.5 Å². The summed E-state index contributed by atoms with van der Waals surface area (Å²) in [4.78, 5) is 13.1. The number of hydrogen-bond acceptors (Lipinski definition) is 6. The van der Waals surface area contributed by atoms with E-state index in [1.54, 1.807) is 24.4 Å². The molecule has 1 aliphatic rings. The summed E-state index contributed by atoms with van der Waals surface area (Å²) >= 11 is 0. The van der Waals surface area contributed by atoms with Gasteiger partial charge in [-0.3, -0.25) is 15.8 Å². The number of benzene rings is 1. The molecule has 0 amide bonds. The number of hydrazine groups is 1. The Morgan fingerprint density at radius 2 is 1.55 bits per heavy atom. The third kappa shape index (κ3) is 4.84. The normalized spacial score (nSPS) is 14.3. The first-order valence-electron chi connectivity index (χ1n) is 9.93. The van der Waals surface area contributed by atoms with Crippen LogP contribution < -0.4 is 16.2 Å². The first kappa shape index (κ1) is 20.8. The van der Waals surface area contributed by atoms with Crippen molar-refractivity contribution in [2.75, 3.05) is 16.2 Å². The molecule has 4 rings (SSSR count). The van der Waals surface area contributed by atoms with Gasteiger partial charge >= 0.3 is 0 Å². The minimum absolute atomic E-state index is 0.137. The van der Waals surface area contributed by atoms with Gasteiger partial charge in [-0.05, 0) is 25.0 Å². The summed E-state index contributed by atoms with van der Waals surface area (Å²) in [7, 11) is 0. The minimum atomic E-state index is -1.55. The zero-order valence-corrected chi connectivity index (χ0v) is 16.4. The van der Waals surface area contributed by atoms with Crippen LogP contribution in [0, 0.1) is 23.3 Å². The lowest BCUT2D eigenvalue weighted by Gasteiger charge is -2.23. The van der Waals surface area contributed by atoms with Crippen molar-refractivity contribution in [3.63, 3.8) is 0 Å². The summed E-state index contributed by atoms with van der Waals surface area (Å²) in [5, 5.41) is 3.28. The molecule has 1 fully saturated rings. The fourth-order valence-electron chi connectivity index (χ4n) is 3.46. The van der Waals surface area contributed by atoms with E-state index < -0.39 is 29.0 Å². The topological polar surface area (TPSA) is 74.8 Å². The summed E-state index contributed by atoms with van der Waals surface area (Å²) < 4.78 is 54.8. The molecule has 0 radical (unpaired) electrons. The molecule has 3 aromatic rings. The van der Waals surface area contributed by atoms with E-state index in [9.17, 15) is 17.6 Å². The van der Waals surface area contributed by atoms with Gasteiger partial charge in [-0.15, -0.1) is 0 Å². The van der Waals surface area contributed by atoms with Gasteiger partial charge in [0.25, 0.3) is 0 Å². The zero-order chi connectivity index (χ0) is 21.8. The Morgan fingerprint density at radius 1 is 0.806 bits per heavy atom. The first-order valence-corrected chi connectivity index (χ1v) is 9.93. The Hall–Kier alpha value is -3.43. The molecular formula is C21H20F4N6. The van der Waals surface area contributed by atoms with Crippen molar-refractivity contribution >= 4 is 17.5 Å². The maximum absolute atomic E-state index is 13.9. The van der Waals surface area contributed by atoms with Gasteiger partial charge in [0.05, 0.1) is 11.4 Å². The third-order valence-corrected chi connectivity index (χ3v) is 5.02. The number of pyridine rings is 1. The average Bonchev–Trinajstić information content (AvgIpc) is 2.79. The highest BCUT2D eigenvalue weighted by Crippen LogP contribution is 2.26. The maximum Gasteiger partial charge on any atom is 0.225 e. The number of aromatic nitrogens is 3. The molecule has 1 saturated carbocycles. The molecule has 0 bridgehead atoms. The summed E-state index contributed by atoms with van der Waals surface area (Å²) in [5.41, 5.74) is 4.71. The Labute approximate surface area is 176 Å². The van der Waals surface area contributed by atoms with Gasteiger partial charge in [0, 0.05) is 24.4 Å². The second-order valence-electron chi connectivity index (χ2n) is 7.25. The molecule has 0 saturated heterocycles. The lowest BCUT2D eigenvalue weighted by Crippen LogP contribution is -2.24. The van der Waals surface area contributed by atoms with Gasteiger partial charge in [0.2, 0.25) is 5.95 Å². The molecule has 0 aliphatic heterocycles. The summed E-state index contributed by atoms with van der Waals surface area (Å²) in [6.45, 7) is 0. The number of anilines is 3. The standard InChI is InChI=1S/C21H20F4N6/c22-13-10-14(23)19(25)20(18(13)24)31-30-17-11-16(15-8-4-5-9-26-15)28-21(29-17)27-12-6-2-1-3-7-12/h4-5,8-12,31H,1-3,6-7H2,(H2,27,28,29,30). The van der Waals surface area contributed by atoms with Crippen molar-refractivity contribution in [1.82, 2.24) is 15.0 Å². The molecule has 3 N–H and O–H groups in total. The van der Waals surface area contributed by atoms with Crippen molar-refractivity contribution in [1.29, 1.82) is 0 Å².